The van der Waals surface area contributed by atoms with E-state index in [9.17, 15) is 30.3 Å². The summed E-state index contributed by atoms with van der Waals surface area (Å²) in [6, 6.07) is -0.798. The Kier molecular flexibility index (Phi) is 42.6. The molecule has 0 aliphatic carbocycles. The molecule has 2 unspecified atom stereocenters. The molecule has 0 aromatic heterocycles. The summed E-state index contributed by atoms with van der Waals surface area (Å²) in [5.41, 5.74) is 0. The van der Waals surface area contributed by atoms with Crippen molar-refractivity contribution in [1.82, 2.24) is 5.32 Å². The number of aliphatic hydroxyl groups is 5. The summed E-state index contributed by atoms with van der Waals surface area (Å²) in [7, 11) is 0. The van der Waals surface area contributed by atoms with Crippen molar-refractivity contribution in [2.24, 2.45) is 0 Å². The predicted octanol–water partition coefficient (Wildman–Crippen LogP) is 12.8. The van der Waals surface area contributed by atoms with E-state index < -0.39 is 49.5 Å². The van der Waals surface area contributed by atoms with E-state index in [0.717, 1.165) is 38.5 Å². The largest absolute Gasteiger partial charge is 0.394 e. The second-order valence-electron chi connectivity index (χ2n) is 19.4. The maximum Gasteiger partial charge on any atom is 0.220 e. The van der Waals surface area contributed by atoms with E-state index in [1.54, 1.807) is 6.08 Å². The van der Waals surface area contributed by atoms with Crippen molar-refractivity contribution >= 4 is 5.91 Å². The number of allylic oxidation sites excluding steroid dienone is 1. The van der Waals surface area contributed by atoms with Crippen molar-refractivity contribution in [3.05, 3.63) is 12.2 Å². The fourth-order valence-corrected chi connectivity index (χ4v) is 8.98. The van der Waals surface area contributed by atoms with Crippen LogP contribution in [0.1, 0.15) is 271 Å². The molecule has 0 radical (unpaired) electrons. The van der Waals surface area contributed by atoms with Gasteiger partial charge in [-0.05, 0) is 19.3 Å². The molecule has 1 aliphatic heterocycles. The van der Waals surface area contributed by atoms with Crippen molar-refractivity contribution in [2.45, 2.75) is 314 Å². The van der Waals surface area contributed by atoms with Crippen LogP contribution in [0, 0.1) is 0 Å². The Labute approximate surface area is 388 Å². The average molecular weight is 896 g/mol. The molecule has 7 atom stereocenters. The molecule has 1 fully saturated rings. The van der Waals surface area contributed by atoms with Crippen molar-refractivity contribution in [2.75, 3.05) is 13.2 Å². The molecule has 0 aromatic carbocycles. The Balaban J connectivity index is 2.12. The van der Waals surface area contributed by atoms with Gasteiger partial charge in [-0.25, -0.2) is 0 Å². The van der Waals surface area contributed by atoms with Crippen LogP contribution in [0.2, 0.25) is 0 Å². The summed E-state index contributed by atoms with van der Waals surface area (Å²) in [4.78, 5) is 13.0. The van der Waals surface area contributed by atoms with Crippen molar-refractivity contribution in [1.29, 1.82) is 0 Å². The van der Waals surface area contributed by atoms with Gasteiger partial charge in [0.15, 0.2) is 6.29 Å². The molecule has 0 aromatic rings. The molecule has 63 heavy (non-hydrogen) atoms. The van der Waals surface area contributed by atoms with Crippen LogP contribution in [0.25, 0.3) is 0 Å². The lowest BCUT2D eigenvalue weighted by atomic mass is 9.99. The van der Waals surface area contributed by atoms with Gasteiger partial charge >= 0.3 is 0 Å². The van der Waals surface area contributed by atoms with E-state index in [1.165, 1.54) is 212 Å². The minimum Gasteiger partial charge on any atom is -0.394 e. The summed E-state index contributed by atoms with van der Waals surface area (Å²) < 4.78 is 11.2. The fourth-order valence-electron chi connectivity index (χ4n) is 8.98. The number of amides is 1. The Morgan fingerprint density at radius 3 is 1.24 bits per heavy atom. The first-order chi connectivity index (χ1) is 30.8. The van der Waals surface area contributed by atoms with E-state index in [-0.39, 0.29) is 12.5 Å². The Bertz CT molecular complexity index is 997. The zero-order chi connectivity index (χ0) is 45.9. The lowest BCUT2D eigenvalue weighted by molar-refractivity contribution is -0.302. The molecule has 1 amide bonds. The lowest BCUT2D eigenvalue weighted by Crippen LogP contribution is -2.60. The molecule has 374 valence electrons. The monoisotopic (exact) mass is 896 g/mol. The summed E-state index contributed by atoms with van der Waals surface area (Å²) >= 11 is 0. The van der Waals surface area contributed by atoms with Crippen molar-refractivity contribution in [3.63, 3.8) is 0 Å². The van der Waals surface area contributed by atoms with Crippen LogP contribution in [-0.2, 0) is 14.3 Å². The number of hydrogen-bond donors (Lipinski definition) is 6. The molecular formula is C54H105NO8. The van der Waals surface area contributed by atoms with Gasteiger partial charge in [0.25, 0.3) is 0 Å². The lowest BCUT2D eigenvalue weighted by Gasteiger charge is -2.40. The second kappa shape index (κ2) is 44.7. The highest BCUT2D eigenvalue weighted by atomic mass is 16.7. The third-order valence-corrected chi connectivity index (χ3v) is 13.4. The third kappa shape index (κ3) is 34.8. The highest BCUT2D eigenvalue weighted by Gasteiger charge is 2.44. The maximum atomic E-state index is 13.0. The standard InChI is InChI=1S/C54H105NO8/c1-3-5-7-9-11-13-15-16-17-18-19-20-21-22-23-24-25-26-27-28-29-30-31-32-34-36-38-40-42-44-50(58)55-47(46-62-54-53(61)52(60)51(59)49(45-56)63-54)48(57)43-41-39-37-35-33-14-12-10-8-6-4-2/h41,43,47-49,51-54,56-57,59-61H,3-40,42,44-46H2,1-2H3,(H,55,58)/b43-41+/t47-,48+,49+,51+,52?,53?,54+/m0/s1. The quantitative estimate of drug-likeness (QED) is 0.0261. The van der Waals surface area contributed by atoms with Crippen molar-refractivity contribution in [3.8, 4) is 0 Å². The molecule has 0 spiro atoms. The number of hydrogen-bond acceptors (Lipinski definition) is 8. The minimum absolute atomic E-state index is 0.172. The number of carbonyl (C=O) groups is 1. The number of ether oxygens (including phenoxy) is 2. The van der Waals surface area contributed by atoms with Crippen LogP contribution < -0.4 is 5.32 Å². The Hall–Kier alpha value is -1.07. The minimum atomic E-state index is -1.56. The highest BCUT2D eigenvalue weighted by Crippen LogP contribution is 2.23. The summed E-state index contributed by atoms with van der Waals surface area (Å²) in [6.45, 7) is 3.79. The van der Waals surface area contributed by atoms with Gasteiger partial charge < -0.3 is 40.3 Å². The molecule has 9 nitrogen and oxygen atoms in total. The van der Waals surface area contributed by atoms with Gasteiger partial charge in [0.05, 0.1) is 25.4 Å². The van der Waals surface area contributed by atoms with Crippen molar-refractivity contribution < 1.29 is 39.8 Å². The number of rotatable bonds is 47. The van der Waals surface area contributed by atoms with Gasteiger partial charge in [-0.15, -0.1) is 0 Å². The highest BCUT2D eigenvalue weighted by molar-refractivity contribution is 5.76. The van der Waals surface area contributed by atoms with Gasteiger partial charge in [-0.2, -0.15) is 0 Å². The average Bonchev–Trinajstić information content (AvgIpc) is 3.28. The van der Waals surface area contributed by atoms with Gasteiger partial charge in [-0.1, -0.05) is 257 Å². The number of carbonyl (C=O) groups excluding carboxylic acids is 1. The van der Waals surface area contributed by atoms with E-state index in [0.29, 0.717) is 6.42 Å². The van der Waals surface area contributed by atoms with Gasteiger partial charge in [0.1, 0.15) is 24.4 Å². The van der Waals surface area contributed by atoms with Crippen LogP contribution in [0.15, 0.2) is 12.2 Å². The summed E-state index contributed by atoms with van der Waals surface area (Å²) in [6.07, 6.45) is 47.2. The molecular weight excluding hydrogens is 791 g/mol. The maximum absolute atomic E-state index is 13.0. The first-order valence-corrected chi connectivity index (χ1v) is 27.4. The molecule has 0 saturated carbocycles. The molecule has 1 heterocycles. The van der Waals surface area contributed by atoms with Gasteiger partial charge in [0, 0.05) is 6.42 Å². The van der Waals surface area contributed by atoms with Crippen LogP contribution in [-0.4, -0.2) is 87.5 Å². The number of nitrogens with one attached hydrogen (secondary N) is 1. The van der Waals surface area contributed by atoms with Crippen LogP contribution >= 0.6 is 0 Å². The zero-order valence-corrected chi connectivity index (χ0v) is 41.4. The van der Waals surface area contributed by atoms with Crippen LogP contribution in [0.4, 0.5) is 0 Å². The molecule has 1 rings (SSSR count). The van der Waals surface area contributed by atoms with E-state index in [4.69, 9.17) is 9.47 Å². The van der Waals surface area contributed by atoms with Crippen LogP contribution in [0.3, 0.4) is 0 Å². The topological polar surface area (TPSA) is 149 Å². The smallest absolute Gasteiger partial charge is 0.220 e. The molecule has 6 N–H and O–H groups in total. The number of unbranched alkanes of at least 4 members (excludes halogenated alkanes) is 37. The normalized spacial score (nSPS) is 20.1. The summed E-state index contributed by atoms with van der Waals surface area (Å²) in [5.74, 6) is -0.172. The van der Waals surface area contributed by atoms with E-state index >= 15 is 0 Å². The van der Waals surface area contributed by atoms with E-state index in [2.05, 4.69) is 19.2 Å². The second-order valence-corrected chi connectivity index (χ2v) is 19.4. The molecule has 1 saturated heterocycles. The third-order valence-electron chi connectivity index (χ3n) is 13.4. The molecule has 9 heteroatoms. The van der Waals surface area contributed by atoms with Gasteiger partial charge in [-0.3, -0.25) is 4.79 Å². The number of aliphatic hydroxyl groups excluding tert-OH is 5. The van der Waals surface area contributed by atoms with E-state index in [1.807, 2.05) is 6.08 Å². The SMILES string of the molecule is CCCCCCCCCCC/C=C/[C@@H](O)[C@H](CO[C@@H]1O[C@H](CO)[C@@H](O)C(O)C1O)NC(=O)CCCCCCCCCCCCCCCCCCCCCCCCCCCCCCC. The summed E-state index contributed by atoms with van der Waals surface area (Å²) in [5, 5.41) is 54.2. The Morgan fingerprint density at radius 2 is 0.873 bits per heavy atom. The zero-order valence-electron chi connectivity index (χ0n) is 41.4. The Morgan fingerprint density at radius 1 is 0.524 bits per heavy atom. The van der Waals surface area contributed by atoms with Gasteiger partial charge in [0.2, 0.25) is 5.91 Å². The predicted molar refractivity (Wildman–Crippen MR) is 263 cm³/mol. The van der Waals surface area contributed by atoms with Crippen LogP contribution in [0.5, 0.6) is 0 Å². The molecule has 1 aliphatic rings. The first-order valence-electron chi connectivity index (χ1n) is 27.4. The molecule has 0 bridgehead atoms. The first kappa shape index (κ1) is 59.9. The fraction of sp³-hybridized carbons (Fsp3) is 0.944.